The van der Waals surface area contributed by atoms with E-state index in [0.717, 1.165) is 163 Å². The molecule has 6 nitrogen and oxygen atoms in total. The van der Waals surface area contributed by atoms with Crippen LogP contribution in [-0.4, -0.2) is 16.8 Å². The van der Waals surface area contributed by atoms with Crippen LogP contribution in [0.4, 0.5) is 51.2 Å². The molecule has 0 aliphatic heterocycles. The monoisotopic (exact) mass is 2010 g/mol. The molecule has 16 aromatic rings. The number of rotatable bonds is 45. The van der Waals surface area contributed by atoms with Crippen LogP contribution in [0.25, 0.3) is 55.6 Å². The van der Waals surface area contributed by atoms with E-state index in [0.29, 0.717) is 19.3 Å². The summed E-state index contributed by atoms with van der Waals surface area (Å²) in [5.74, 6) is 0.456. The molecule has 16 aromatic carbocycles. The van der Waals surface area contributed by atoms with Crippen LogP contribution in [0.15, 0.2) is 388 Å². The summed E-state index contributed by atoms with van der Waals surface area (Å²) in [6, 6.07) is 139. The lowest BCUT2D eigenvalue weighted by atomic mass is 9.96. The summed E-state index contributed by atoms with van der Waals surface area (Å²) < 4.78 is 0. The number of nitrogens with zero attached hydrogens (tertiary/aromatic N) is 3. The summed E-state index contributed by atoms with van der Waals surface area (Å²) in [5, 5.41) is 0.545. The number of carbonyl (C=O) groups is 3. The Balaban J connectivity index is 0.000000152. The first-order chi connectivity index (χ1) is 73.2. The van der Waals surface area contributed by atoms with Crippen molar-refractivity contribution < 1.29 is 14.4 Å². The van der Waals surface area contributed by atoms with Gasteiger partial charge in [-0.1, -0.05) is 430 Å². The van der Waals surface area contributed by atoms with Crippen LogP contribution in [0.5, 0.6) is 0 Å². The molecule has 0 N–H and O–H groups in total. The van der Waals surface area contributed by atoms with Gasteiger partial charge in [-0.05, 0) is 346 Å². The molecule has 766 valence electrons. The van der Waals surface area contributed by atoms with Crippen molar-refractivity contribution in [3.8, 4) is 55.6 Å². The Morgan fingerprint density at radius 1 is 0.208 bits per heavy atom. The van der Waals surface area contributed by atoms with Gasteiger partial charge in [-0.2, -0.15) is 0 Å². The van der Waals surface area contributed by atoms with Crippen molar-refractivity contribution in [1.29, 1.82) is 0 Å². The molecule has 0 atom stereocenters. The number of hydrogen-bond acceptors (Lipinski definition) is 6. The maximum Gasteiger partial charge on any atom is 0.221 e. The molecular formula is C141H155Cl2N3O3. The van der Waals surface area contributed by atoms with Gasteiger partial charge in [0.25, 0.3) is 0 Å². The third kappa shape index (κ3) is 33.0. The quantitative estimate of drug-likeness (QED) is 0.0215. The van der Waals surface area contributed by atoms with Gasteiger partial charge in [-0.15, -0.1) is 0 Å². The number of anilines is 9. The third-order valence-electron chi connectivity index (χ3n) is 28.9. The molecule has 0 fully saturated rings. The predicted molar refractivity (Wildman–Crippen MR) is 640 cm³/mol. The Morgan fingerprint density at radius 3 is 0.732 bits per heavy atom. The number of aryl methyl sites for hydroxylation is 4. The highest BCUT2D eigenvalue weighted by Crippen LogP contribution is 2.45. The van der Waals surface area contributed by atoms with Gasteiger partial charge in [0.1, 0.15) is 0 Å². The fourth-order valence-electron chi connectivity index (χ4n) is 20.4. The molecule has 0 amide bonds. The van der Waals surface area contributed by atoms with E-state index in [4.69, 9.17) is 23.2 Å². The Labute approximate surface area is 902 Å². The second kappa shape index (κ2) is 60.2. The second-order valence-corrected chi connectivity index (χ2v) is 41.1. The number of carbonyl (C=O) groups excluding carboxylic acids is 3. The zero-order valence-electron chi connectivity index (χ0n) is 89.5. The normalized spacial score (nSPS) is 11.3. The fraction of sp³-hybridized carbons (Fsp3) is 0.298. The Hall–Kier alpha value is -13.5. The average molecular weight is 2010 g/mol. The van der Waals surface area contributed by atoms with Crippen molar-refractivity contribution in [2.75, 3.05) is 14.7 Å². The molecule has 149 heavy (non-hydrogen) atoms. The van der Waals surface area contributed by atoms with E-state index in [1.165, 1.54) is 222 Å². The zero-order valence-corrected chi connectivity index (χ0v) is 91.0. The van der Waals surface area contributed by atoms with Gasteiger partial charge in [0.2, 0.25) is 5.24 Å². The van der Waals surface area contributed by atoms with Gasteiger partial charge in [0.05, 0.1) is 0 Å². The minimum atomic E-state index is -0.210. The highest BCUT2D eigenvalue weighted by atomic mass is 35.5. The van der Waals surface area contributed by atoms with Crippen LogP contribution < -0.4 is 14.7 Å². The van der Waals surface area contributed by atoms with Crippen molar-refractivity contribution in [3.05, 3.63) is 460 Å². The lowest BCUT2D eigenvalue weighted by molar-refractivity contribution is -0.111. The minimum absolute atomic E-state index is 0.210. The van der Waals surface area contributed by atoms with Crippen molar-refractivity contribution >= 4 is 91.2 Å². The highest BCUT2D eigenvalue weighted by molar-refractivity contribution is 6.63. The molecular weight excluding hydrogens is 1850 g/mol. The molecule has 0 saturated carbocycles. The van der Waals surface area contributed by atoms with E-state index in [-0.39, 0.29) is 16.8 Å². The summed E-state index contributed by atoms with van der Waals surface area (Å²) in [5.41, 5.74) is 39.2. The number of para-hydroxylation sites is 4. The van der Waals surface area contributed by atoms with E-state index >= 15 is 0 Å². The number of hydrogen-bond donors (Lipinski definition) is 0. The standard InChI is InChI=1S/C48H52N2.C25H30O2.C25H34.C24H18ClN.C13H10.C6H11ClO/c1-3-5-7-11-17-39-23-31-45(32-24-39)50(46-33-25-40(26-34-46)18-12-8-6-4-2)48-37-29-42(30-38-48)41-27-35-47(36-28-41)49(43-19-13-9-14-20-43)44-21-15-10-16-22-44;1-3-5-7-9-24(26)20-13-11-18-15-19-12-14-21(17-23(19)22(18)16-20)25(27)10-8-6-4-2;1-3-5-7-9-11-20-13-15-22-19-23-16-14-21(12-10-8-6-4-2)18-25(23)24(22)17-20;25-21-15-11-19(12-16-21)20-13-17-24(18-14-20)26(22-7-3-1-4-8-22)23-9-5-2-6-10-23;1-3-7-12-10(5-1)9-11-6-2-4-8-13(11)12;1-2-3-4-5-6(7)8/h9-10,13-16,19-38H,3-8,11-12,17-18H2,1-2H3;11-14,16-17H,3-10,15H2,1-2H3;13-18H,3-12,19H2,1-2H3;1-18H;1-8H,9H2;2-5H2,1H3. The summed E-state index contributed by atoms with van der Waals surface area (Å²) in [4.78, 5) is 42.0. The minimum Gasteiger partial charge on any atom is -0.311 e. The van der Waals surface area contributed by atoms with Crippen LogP contribution in [0, 0.1) is 0 Å². The van der Waals surface area contributed by atoms with Crippen molar-refractivity contribution in [1.82, 2.24) is 0 Å². The molecule has 19 rings (SSSR count). The molecule has 0 unspecified atom stereocenters. The van der Waals surface area contributed by atoms with Gasteiger partial charge in [0, 0.05) is 86.6 Å². The number of halogens is 2. The first-order valence-corrected chi connectivity index (χ1v) is 56.7. The largest absolute Gasteiger partial charge is 0.311 e. The highest BCUT2D eigenvalue weighted by Gasteiger charge is 2.25. The Kier molecular flexibility index (Phi) is 44.9. The molecule has 0 aromatic heterocycles. The van der Waals surface area contributed by atoms with E-state index in [1.54, 1.807) is 0 Å². The summed E-state index contributed by atoms with van der Waals surface area (Å²) in [7, 11) is 0. The third-order valence-corrected chi connectivity index (χ3v) is 29.3. The second-order valence-electron chi connectivity index (χ2n) is 40.2. The van der Waals surface area contributed by atoms with E-state index in [9.17, 15) is 14.4 Å². The topological polar surface area (TPSA) is 60.9 Å². The van der Waals surface area contributed by atoms with Crippen molar-refractivity contribution in [2.45, 2.75) is 273 Å². The van der Waals surface area contributed by atoms with Gasteiger partial charge in [-0.3, -0.25) is 14.4 Å². The maximum atomic E-state index is 12.5. The van der Waals surface area contributed by atoms with Crippen molar-refractivity contribution in [3.63, 3.8) is 0 Å². The first kappa shape index (κ1) is 111. The summed E-state index contributed by atoms with van der Waals surface area (Å²) in [6.07, 6.45) is 40.3. The summed E-state index contributed by atoms with van der Waals surface area (Å²) >= 11 is 11.1. The van der Waals surface area contributed by atoms with Gasteiger partial charge in [0.15, 0.2) is 11.6 Å². The first-order valence-electron chi connectivity index (χ1n) is 56.0. The summed E-state index contributed by atoms with van der Waals surface area (Å²) in [6.45, 7) is 15.5. The molecule has 0 saturated heterocycles. The number of Topliss-reactive ketones (excluding diaryl/α,β-unsaturated/α-hetero) is 2. The number of fused-ring (bicyclic) bond motifs is 9. The lowest BCUT2D eigenvalue weighted by Gasteiger charge is -2.26. The lowest BCUT2D eigenvalue weighted by Crippen LogP contribution is -2.10. The van der Waals surface area contributed by atoms with Crippen LogP contribution in [-0.2, 0) is 49.7 Å². The average Bonchev–Trinajstić information content (AvgIpc) is 1.66. The van der Waals surface area contributed by atoms with Crippen LogP contribution >= 0.6 is 23.2 Å². The molecule has 0 radical (unpaired) electrons. The molecule has 0 heterocycles. The van der Waals surface area contributed by atoms with Gasteiger partial charge < -0.3 is 14.7 Å². The van der Waals surface area contributed by atoms with Gasteiger partial charge >= 0.3 is 0 Å². The number of ketones is 2. The van der Waals surface area contributed by atoms with Gasteiger partial charge in [-0.25, -0.2) is 0 Å². The van der Waals surface area contributed by atoms with Crippen LogP contribution in [0.1, 0.15) is 305 Å². The van der Waals surface area contributed by atoms with Crippen molar-refractivity contribution in [2.24, 2.45) is 0 Å². The van der Waals surface area contributed by atoms with E-state index in [2.05, 4.69) is 391 Å². The number of benzene rings is 16. The Morgan fingerprint density at radius 2 is 0.436 bits per heavy atom. The molecule has 3 aliphatic rings. The molecule has 0 spiro atoms. The van der Waals surface area contributed by atoms with Crippen LogP contribution in [0.2, 0.25) is 5.02 Å². The SMILES string of the molecule is CCCCCC(=O)Cl.CCCCCC(=O)c1ccc2c(c1)-c1cc(C(=O)CCCCC)ccc1C2.CCCCCCc1ccc(N(c2ccc(CCCCCC)cc2)c2ccc(-c3ccc(N(c4ccccc4)c4ccccc4)cc3)cc2)cc1.CCCCCCc1ccc2c(c1)-c1cc(CCCCCC)ccc1C2.Clc1ccc(-c2ccc(N(c3ccccc3)c3ccccc3)cc2)cc1.c1ccc2c(c1)Cc1ccccc1-2. The van der Waals surface area contributed by atoms with Crippen LogP contribution in [0.3, 0.4) is 0 Å². The molecule has 0 bridgehead atoms. The van der Waals surface area contributed by atoms with E-state index in [1.807, 2.05) is 60.7 Å². The Bertz CT molecular complexity index is 6440. The fourth-order valence-corrected chi connectivity index (χ4v) is 20.6. The predicted octanol–water partition coefficient (Wildman–Crippen LogP) is 41.9. The maximum absolute atomic E-state index is 12.5. The zero-order chi connectivity index (χ0) is 104. The van der Waals surface area contributed by atoms with E-state index < -0.39 is 0 Å². The number of unbranched alkanes of at least 4 members (excludes halogenated alkanes) is 18. The smallest absolute Gasteiger partial charge is 0.221 e. The molecule has 3 aliphatic carbocycles. The molecule has 8 heteroatoms.